The molecule has 138 valence electrons. The molecule has 0 bridgehead atoms. The van der Waals surface area contributed by atoms with Crippen molar-refractivity contribution in [2.24, 2.45) is 5.92 Å². The van der Waals surface area contributed by atoms with Gasteiger partial charge in [-0.3, -0.25) is 0 Å². The summed E-state index contributed by atoms with van der Waals surface area (Å²) in [4.78, 5) is 15.3. The minimum absolute atomic E-state index is 0.0465. The maximum Gasteiger partial charge on any atom is 0.343 e. The van der Waals surface area contributed by atoms with Gasteiger partial charge < -0.3 is 14.7 Å². The second-order valence-electron chi connectivity index (χ2n) is 7.51. The monoisotopic (exact) mass is 345 g/mol. The summed E-state index contributed by atoms with van der Waals surface area (Å²) in [6.45, 7) is 3.67. The zero-order valence-electron chi connectivity index (χ0n) is 15.2. The molecular formula is C21H31NO3. The van der Waals surface area contributed by atoms with Crippen LogP contribution >= 0.6 is 0 Å². The molecule has 1 aromatic carbocycles. The van der Waals surface area contributed by atoms with Gasteiger partial charge in [0.25, 0.3) is 0 Å². The number of rotatable bonds is 7. The molecule has 1 saturated carbocycles. The average molecular weight is 345 g/mol. The van der Waals surface area contributed by atoms with Gasteiger partial charge >= 0.3 is 5.97 Å². The van der Waals surface area contributed by atoms with E-state index in [9.17, 15) is 9.90 Å². The molecule has 1 heterocycles. The first-order valence-corrected chi connectivity index (χ1v) is 9.89. The molecule has 1 aromatic rings. The molecular weight excluding hydrogens is 314 g/mol. The maximum absolute atomic E-state index is 12.9. The fourth-order valence-electron chi connectivity index (χ4n) is 4.30. The fraction of sp³-hybridized carbons (Fsp3) is 0.667. The van der Waals surface area contributed by atoms with E-state index in [1.54, 1.807) is 0 Å². The van der Waals surface area contributed by atoms with Crippen molar-refractivity contribution in [2.75, 3.05) is 26.2 Å². The summed E-state index contributed by atoms with van der Waals surface area (Å²) in [7, 11) is 0. The Kier molecular flexibility index (Phi) is 6.49. The van der Waals surface area contributed by atoms with Crippen molar-refractivity contribution in [1.82, 2.24) is 4.90 Å². The molecule has 1 saturated heterocycles. The Morgan fingerprint density at radius 3 is 2.44 bits per heavy atom. The van der Waals surface area contributed by atoms with Crippen LogP contribution in [-0.2, 0) is 15.1 Å². The van der Waals surface area contributed by atoms with Gasteiger partial charge in [0.2, 0.25) is 0 Å². The smallest absolute Gasteiger partial charge is 0.343 e. The van der Waals surface area contributed by atoms with Crippen molar-refractivity contribution >= 4 is 5.97 Å². The van der Waals surface area contributed by atoms with Crippen LogP contribution in [0.3, 0.4) is 0 Å². The largest absolute Gasteiger partial charge is 0.463 e. The zero-order chi connectivity index (χ0) is 17.5. The maximum atomic E-state index is 12.9. The third kappa shape index (κ3) is 4.42. The number of benzene rings is 1. The Hall–Kier alpha value is -1.39. The lowest BCUT2D eigenvalue weighted by molar-refractivity contribution is -0.175. The number of hydrogen-bond acceptors (Lipinski definition) is 4. The number of aliphatic hydroxyl groups is 1. The molecule has 1 aliphatic heterocycles. The standard InChI is InChI=1S/C21H31NO3/c23-20(25-17-9-16-22-14-7-8-15-22)21(24,18-10-3-1-4-11-18)19-12-5-2-6-13-19/h1,3-4,10-11,19,24H,2,5-9,12-17H2/t21-/m1/s1. The van der Waals surface area contributed by atoms with E-state index in [1.807, 2.05) is 30.3 Å². The Morgan fingerprint density at radius 2 is 1.76 bits per heavy atom. The highest BCUT2D eigenvalue weighted by molar-refractivity contribution is 5.81. The molecule has 0 radical (unpaired) electrons. The van der Waals surface area contributed by atoms with E-state index in [1.165, 1.54) is 19.3 Å². The Balaban J connectivity index is 1.62. The van der Waals surface area contributed by atoms with Crippen molar-refractivity contribution in [3.63, 3.8) is 0 Å². The molecule has 4 nitrogen and oxygen atoms in total. The van der Waals surface area contributed by atoms with E-state index in [4.69, 9.17) is 4.74 Å². The van der Waals surface area contributed by atoms with Gasteiger partial charge in [0.15, 0.2) is 5.60 Å². The van der Waals surface area contributed by atoms with Crippen molar-refractivity contribution < 1.29 is 14.6 Å². The van der Waals surface area contributed by atoms with Crippen molar-refractivity contribution in [3.8, 4) is 0 Å². The molecule has 25 heavy (non-hydrogen) atoms. The van der Waals surface area contributed by atoms with E-state index in [0.717, 1.165) is 51.7 Å². The Labute approximate surface area is 151 Å². The minimum Gasteiger partial charge on any atom is -0.463 e. The first-order chi connectivity index (χ1) is 12.2. The van der Waals surface area contributed by atoms with Gasteiger partial charge in [-0.2, -0.15) is 0 Å². The summed E-state index contributed by atoms with van der Waals surface area (Å²) in [6.07, 6.45) is 8.48. The van der Waals surface area contributed by atoms with Crippen molar-refractivity contribution in [2.45, 2.75) is 57.0 Å². The van der Waals surface area contributed by atoms with Gasteiger partial charge in [0, 0.05) is 12.5 Å². The molecule has 0 unspecified atom stereocenters. The van der Waals surface area contributed by atoms with Crippen LogP contribution in [0.1, 0.15) is 56.9 Å². The van der Waals surface area contributed by atoms with Gasteiger partial charge in [0.1, 0.15) is 0 Å². The van der Waals surface area contributed by atoms with Crippen LogP contribution in [0.4, 0.5) is 0 Å². The molecule has 1 aliphatic carbocycles. The molecule has 0 amide bonds. The van der Waals surface area contributed by atoms with Crippen LogP contribution in [0.5, 0.6) is 0 Å². The summed E-state index contributed by atoms with van der Waals surface area (Å²) in [5, 5.41) is 11.4. The first kappa shape index (κ1) is 18.4. The summed E-state index contributed by atoms with van der Waals surface area (Å²) in [5.74, 6) is -0.512. The van der Waals surface area contributed by atoms with E-state index < -0.39 is 11.6 Å². The van der Waals surface area contributed by atoms with Crippen LogP contribution in [0.2, 0.25) is 0 Å². The van der Waals surface area contributed by atoms with Gasteiger partial charge in [-0.15, -0.1) is 0 Å². The molecule has 1 atom stereocenters. The van der Waals surface area contributed by atoms with Gasteiger partial charge in [-0.05, 0) is 50.8 Å². The van der Waals surface area contributed by atoms with Crippen LogP contribution in [0.25, 0.3) is 0 Å². The van der Waals surface area contributed by atoms with Crippen LogP contribution in [-0.4, -0.2) is 42.2 Å². The van der Waals surface area contributed by atoms with Gasteiger partial charge in [0.05, 0.1) is 6.61 Å². The molecule has 4 heteroatoms. The summed E-state index contributed by atoms with van der Waals surface area (Å²) in [6, 6.07) is 9.36. The van der Waals surface area contributed by atoms with Gasteiger partial charge in [-0.25, -0.2) is 4.79 Å². The van der Waals surface area contributed by atoms with Crippen molar-refractivity contribution in [1.29, 1.82) is 0 Å². The lowest BCUT2D eigenvalue weighted by Crippen LogP contribution is -2.45. The van der Waals surface area contributed by atoms with E-state index in [2.05, 4.69) is 4.90 Å². The molecule has 1 N–H and O–H groups in total. The second-order valence-corrected chi connectivity index (χ2v) is 7.51. The van der Waals surface area contributed by atoms with Crippen LogP contribution in [0.15, 0.2) is 30.3 Å². The topological polar surface area (TPSA) is 49.8 Å². The zero-order valence-corrected chi connectivity index (χ0v) is 15.2. The normalized spacial score (nSPS) is 21.8. The number of hydrogen-bond donors (Lipinski definition) is 1. The summed E-state index contributed by atoms with van der Waals surface area (Å²) in [5.41, 5.74) is -0.832. The Bertz CT molecular complexity index is 535. The average Bonchev–Trinajstić information content (AvgIpc) is 3.19. The first-order valence-electron chi connectivity index (χ1n) is 9.89. The fourth-order valence-corrected chi connectivity index (χ4v) is 4.30. The minimum atomic E-state index is -1.50. The van der Waals surface area contributed by atoms with Crippen LogP contribution < -0.4 is 0 Å². The molecule has 2 aliphatic rings. The molecule has 3 rings (SSSR count). The summed E-state index contributed by atoms with van der Waals surface area (Å²) < 4.78 is 5.56. The third-order valence-electron chi connectivity index (χ3n) is 5.77. The SMILES string of the molecule is O=C(OCCCN1CCCC1)[C@@](O)(c1ccccc1)C1CCCCC1. The number of likely N-dealkylation sites (tertiary alicyclic amines) is 1. The number of carbonyl (C=O) groups is 1. The highest BCUT2D eigenvalue weighted by Crippen LogP contribution is 2.40. The predicted octanol–water partition coefficient (Wildman–Crippen LogP) is 3.48. The number of nitrogens with zero attached hydrogens (tertiary/aromatic N) is 1. The summed E-state index contributed by atoms with van der Waals surface area (Å²) >= 11 is 0. The lowest BCUT2D eigenvalue weighted by atomic mass is 9.73. The second kappa shape index (κ2) is 8.81. The highest BCUT2D eigenvalue weighted by Gasteiger charge is 2.47. The molecule has 2 fully saturated rings. The number of esters is 1. The quantitative estimate of drug-likeness (QED) is 0.607. The Morgan fingerprint density at radius 1 is 1.08 bits per heavy atom. The number of carbonyl (C=O) groups excluding carboxylic acids is 1. The number of ether oxygens (including phenoxy) is 1. The molecule has 0 spiro atoms. The van der Waals surface area contributed by atoms with E-state index >= 15 is 0 Å². The predicted molar refractivity (Wildman–Crippen MR) is 98.2 cm³/mol. The van der Waals surface area contributed by atoms with E-state index in [0.29, 0.717) is 12.2 Å². The lowest BCUT2D eigenvalue weighted by Gasteiger charge is -2.36. The highest BCUT2D eigenvalue weighted by atomic mass is 16.5. The van der Waals surface area contributed by atoms with Crippen molar-refractivity contribution in [3.05, 3.63) is 35.9 Å². The third-order valence-corrected chi connectivity index (χ3v) is 5.77. The van der Waals surface area contributed by atoms with Gasteiger partial charge in [-0.1, -0.05) is 49.6 Å². The van der Waals surface area contributed by atoms with Crippen LogP contribution in [0, 0.1) is 5.92 Å². The van der Waals surface area contributed by atoms with E-state index in [-0.39, 0.29) is 5.92 Å². The molecule has 0 aromatic heterocycles.